The van der Waals surface area contributed by atoms with Gasteiger partial charge in [-0.3, -0.25) is 4.99 Å². The lowest BCUT2D eigenvalue weighted by Gasteiger charge is -2.14. The van der Waals surface area contributed by atoms with Crippen molar-refractivity contribution in [3.8, 4) is 0 Å². The molecule has 0 aliphatic carbocycles. The van der Waals surface area contributed by atoms with Crippen LogP contribution in [0.25, 0.3) is 0 Å². The highest BCUT2D eigenvalue weighted by Gasteiger charge is 2.19. The Hall–Kier alpha value is -1.31. The third-order valence-corrected chi connectivity index (χ3v) is 2.65. The molecule has 2 atom stereocenters. The van der Waals surface area contributed by atoms with Gasteiger partial charge in [0.15, 0.2) is 6.40 Å². The summed E-state index contributed by atoms with van der Waals surface area (Å²) in [5.74, 6) is 0.552. The van der Waals surface area contributed by atoms with Crippen LogP contribution >= 0.6 is 0 Å². The fourth-order valence-corrected chi connectivity index (χ4v) is 1.74. The topological polar surface area (TPSA) is 21.6 Å². The number of hydrogen-bond acceptors (Lipinski definition) is 2. The van der Waals surface area contributed by atoms with Gasteiger partial charge in [0.05, 0.1) is 6.04 Å². The van der Waals surface area contributed by atoms with Crippen molar-refractivity contribution in [3.63, 3.8) is 0 Å². The zero-order valence-corrected chi connectivity index (χ0v) is 8.39. The fraction of sp³-hybridized carbons (Fsp3) is 0.417. The van der Waals surface area contributed by atoms with E-state index < -0.39 is 0 Å². The molecular formula is C12H15NO. The van der Waals surface area contributed by atoms with Gasteiger partial charge in [0.2, 0.25) is 0 Å². The monoisotopic (exact) mass is 189 g/mol. The van der Waals surface area contributed by atoms with E-state index in [0.717, 1.165) is 13.0 Å². The average molecular weight is 189 g/mol. The molecule has 0 spiro atoms. The van der Waals surface area contributed by atoms with E-state index in [1.807, 2.05) is 6.07 Å². The first-order valence-corrected chi connectivity index (χ1v) is 5.03. The van der Waals surface area contributed by atoms with Crippen molar-refractivity contribution in [2.24, 2.45) is 10.9 Å². The molecule has 1 heterocycles. The summed E-state index contributed by atoms with van der Waals surface area (Å²) < 4.78 is 5.12. The minimum atomic E-state index is 0.343. The highest BCUT2D eigenvalue weighted by molar-refractivity contribution is 5.49. The normalized spacial score (nSPS) is 21.9. The van der Waals surface area contributed by atoms with E-state index >= 15 is 0 Å². The molecule has 0 bridgehead atoms. The molecule has 14 heavy (non-hydrogen) atoms. The van der Waals surface area contributed by atoms with E-state index in [9.17, 15) is 0 Å². The van der Waals surface area contributed by atoms with Gasteiger partial charge in [-0.2, -0.15) is 0 Å². The first-order valence-electron chi connectivity index (χ1n) is 5.03. The third kappa shape index (κ3) is 2.13. The van der Waals surface area contributed by atoms with Crippen LogP contribution in [0.3, 0.4) is 0 Å². The van der Waals surface area contributed by atoms with Gasteiger partial charge < -0.3 is 4.74 Å². The van der Waals surface area contributed by atoms with Crippen LogP contribution in [0.2, 0.25) is 0 Å². The van der Waals surface area contributed by atoms with Gasteiger partial charge in [0, 0.05) is 0 Å². The summed E-state index contributed by atoms with van der Waals surface area (Å²) in [4.78, 5) is 4.28. The molecule has 0 fully saturated rings. The molecule has 1 aromatic carbocycles. The maximum atomic E-state index is 5.12. The number of aliphatic imine (C=N–C) groups is 1. The predicted molar refractivity (Wildman–Crippen MR) is 57.5 cm³/mol. The van der Waals surface area contributed by atoms with Crippen LogP contribution < -0.4 is 0 Å². The van der Waals surface area contributed by atoms with Crippen LogP contribution in [0.1, 0.15) is 12.5 Å². The van der Waals surface area contributed by atoms with Crippen molar-refractivity contribution in [3.05, 3.63) is 35.9 Å². The van der Waals surface area contributed by atoms with Crippen molar-refractivity contribution in [2.75, 3.05) is 6.61 Å². The van der Waals surface area contributed by atoms with E-state index in [0.29, 0.717) is 12.0 Å². The van der Waals surface area contributed by atoms with Crippen molar-refractivity contribution in [1.82, 2.24) is 0 Å². The molecule has 0 saturated carbocycles. The largest absolute Gasteiger partial charge is 0.481 e. The highest BCUT2D eigenvalue weighted by Crippen LogP contribution is 2.16. The standard InChI is InChI=1S/C12H15NO/c1-10(12-8-14-9-13-12)7-11-5-3-2-4-6-11/h2-6,9-10,12H,7-8H2,1H3. The lowest BCUT2D eigenvalue weighted by molar-refractivity contribution is 0.291. The Morgan fingerprint density at radius 1 is 1.43 bits per heavy atom. The summed E-state index contributed by atoms with van der Waals surface area (Å²) in [5, 5.41) is 0. The van der Waals surface area contributed by atoms with Crippen LogP contribution in [0.5, 0.6) is 0 Å². The maximum Gasteiger partial charge on any atom is 0.169 e. The molecule has 2 nitrogen and oxygen atoms in total. The summed E-state index contributed by atoms with van der Waals surface area (Å²) in [6.45, 7) is 2.97. The second kappa shape index (κ2) is 4.27. The van der Waals surface area contributed by atoms with Crippen LogP contribution in [0, 0.1) is 5.92 Å². The molecule has 0 amide bonds. The molecule has 2 unspecified atom stereocenters. The Morgan fingerprint density at radius 3 is 2.86 bits per heavy atom. The summed E-state index contributed by atoms with van der Waals surface area (Å²) in [6.07, 6.45) is 2.65. The minimum Gasteiger partial charge on any atom is -0.481 e. The van der Waals surface area contributed by atoms with Gasteiger partial charge in [-0.05, 0) is 17.9 Å². The quantitative estimate of drug-likeness (QED) is 0.715. The van der Waals surface area contributed by atoms with Crippen molar-refractivity contribution in [1.29, 1.82) is 0 Å². The number of rotatable bonds is 3. The van der Waals surface area contributed by atoms with Gasteiger partial charge in [-0.25, -0.2) is 0 Å². The zero-order valence-electron chi connectivity index (χ0n) is 8.39. The van der Waals surface area contributed by atoms with Crippen LogP contribution in [0.4, 0.5) is 0 Å². The first kappa shape index (κ1) is 9.25. The van der Waals surface area contributed by atoms with Gasteiger partial charge in [-0.15, -0.1) is 0 Å². The second-order valence-electron chi connectivity index (χ2n) is 3.82. The van der Waals surface area contributed by atoms with E-state index in [-0.39, 0.29) is 0 Å². The molecule has 0 radical (unpaired) electrons. The van der Waals surface area contributed by atoms with E-state index in [1.54, 1.807) is 6.40 Å². The molecule has 2 heteroatoms. The molecule has 74 valence electrons. The Morgan fingerprint density at radius 2 is 2.21 bits per heavy atom. The smallest absolute Gasteiger partial charge is 0.169 e. The predicted octanol–water partition coefficient (Wildman–Crippen LogP) is 2.29. The lowest BCUT2D eigenvalue weighted by atomic mass is 9.95. The highest BCUT2D eigenvalue weighted by atomic mass is 16.5. The summed E-state index contributed by atoms with van der Waals surface area (Å²) in [5.41, 5.74) is 1.38. The van der Waals surface area contributed by atoms with Crippen molar-refractivity contribution >= 4 is 6.40 Å². The molecule has 1 aromatic rings. The minimum absolute atomic E-state index is 0.343. The summed E-state index contributed by atoms with van der Waals surface area (Å²) in [7, 11) is 0. The molecule has 2 rings (SSSR count). The third-order valence-electron chi connectivity index (χ3n) is 2.65. The molecule has 0 N–H and O–H groups in total. The Kier molecular flexibility index (Phi) is 2.82. The average Bonchev–Trinajstić information content (AvgIpc) is 2.72. The first-order chi connectivity index (χ1) is 6.86. The Balaban J connectivity index is 1.94. The number of benzene rings is 1. The SMILES string of the molecule is CC(Cc1ccccc1)C1COC=N1. The van der Waals surface area contributed by atoms with Gasteiger partial charge in [-0.1, -0.05) is 37.3 Å². The summed E-state index contributed by atoms with van der Waals surface area (Å²) in [6, 6.07) is 10.9. The molecule has 0 saturated heterocycles. The number of hydrogen-bond donors (Lipinski definition) is 0. The van der Waals surface area contributed by atoms with E-state index in [2.05, 4.69) is 36.2 Å². The number of nitrogens with zero attached hydrogens (tertiary/aromatic N) is 1. The van der Waals surface area contributed by atoms with Gasteiger partial charge in [0.1, 0.15) is 6.61 Å². The molecular weight excluding hydrogens is 174 g/mol. The van der Waals surface area contributed by atoms with Crippen LogP contribution in [-0.4, -0.2) is 19.0 Å². The lowest BCUT2D eigenvalue weighted by Crippen LogP contribution is -2.19. The van der Waals surface area contributed by atoms with E-state index in [1.165, 1.54) is 5.56 Å². The van der Waals surface area contributed by atoms with Crippen molar-refractivity contribution in [2.45, 2.75) is 19.4 Å². The summed E-state index contributed by atoms with van der Waals surface area (Å²) >= 11 is 0. The molecule has 0 aromatic heterocycles. The Labute approximate surface area is 84.6 Å². The van der Waals surface area contributed by atoms with Crippen LogP contribution in [0.15, 0.2) is 35.3 Å². The van der Waals surface area contributed by atoms with Crippen LogP contribution in [-0.2, 0) is 11.2 Å². The van der Waals surface area contributed by atoms with Crippen molar-refractivity contribution < 1.29 is 4.74 Å². The van der Waals surface area contributed by atoms with Gasteiger partial charge >= 0.3 is 0 Å². The van der Waals surface area contributed by atoms with E-state index in [4.69, 9.17) is 4.74 Å². The molecule has 1 aliphatic heterocycles. The van der Waals surface area contributed by atoms with Gasteiger partial charge in [0.25, 0.3) is 0 Å². The number of ether oxygens (including phenoxy) is 1. The zero-order chi connectivity index (χ0) is 9.80. The fourth-order valence-electron chi connectivity index (χ4n) is 1.74. The molecule has 1 aliphatic rings. The Bertz CT molecular complexity index is 307. The second-order valence-corrected chi connectivity index (χ2v) is 3.82. The maximum absolute atomic E-state index is 5.12.